The smallest absolute Gasteiger partial charge is 0.416 e. The van der Waals surface area contributed by atoms with Crippen LogP contribution in [0.5, 0.6) is 0 Å². The first-order valence-electron chi connectivity index (χ1n) is 12.7. The standard InChI is InChI=1S/C28H32N2O8/c1-5-36-26(32)28(15-19-9-7-6-8-10-19)18(4)23(25(31)29-22(17(2)3)16-37-27(29)33)24(38-28)20-11-13-21(14-12-20)30(34)35/h6-14,17-18,22-24H,5,15-16H2,1-4H3. The first-order valence-corrected chi connectivity index (χ1v) is 12.7. The van der Waals surface area contributed by atoms with Crippen molar-refractivity contribution in [1.29, 1.82) is 0 Å². The lowest BCUT2D eigenvalue weighted by molar-refractivity contribution is -0.384. The van der Waals surface area contributed by atoms with Crippen molar-refractivity contribution in [1.82, 2.24) is 4.90 Å². The predicted molar refractivity (Wildman–Crippen MR) is 136 cm³/mol. The van der Waals surface area contributed by atoms with Crippen LogP contribution in [0, 0.1) is 27.9 Å². The molecule has 0 aromatic heterocycles. The quantitative estimate of drug-likeness (QED) is 0.281. The summed E-state index contributed by atoms with van der Waals surface area (Å²) in [6.45, 7) is 7.43. The van der Waals surface area contributed by atoms with Gasteiger partial charge in [-0.3, -0.25) is 14.9 Å². The molecule has 0 N–H and O–H groups in total. The molecule has 5 unspecified atom stereocenters. The summed E-state index contributed by atoms with van der Waals surface area (Å²) in [4.78, 5) is 52.3. The molecule has 2 aromatic carbocycles. The van der Waals surface area contributed by atoms with E-state index in [0.29, 0.717) is 5.56 Å². The monoisotopic (exact) mass is 524 g/mol. The van der Waals surface area contributed by atoms with Crippen molar-refractivity contribution in [2.24, 2.45) is 17.8 Å². The Morgan fingerprint density at radius 2 is 1.82 bits per heavy atom. The number of non-ortho nitro benzene ring substituents is 1. The van der Waals surface area contributed by atoms with Gasteiger partial charge in [0.1, 0.15) is 6.61 Å². The Labute approximate surface area is 221 Å². The van der Waals surface area contributed by atoms with Gasteiger partial charge in [-0.15, -0.1) is 0 Å². The summed E-state index contributed by atoms with van der Waals surface area (Å²) < 4.78 is 17.2. The van der Waals surface area contributed by atoms with Crippen LogP contribution >= 0.6 is 0 Å². The fourth-order valence-corrected chi connectivity index (χ4v) is 5.37. The number of carbonyl (C=O) groups is 3. The van der Waals surface area contributed by atoms with Gasteiger partial charge in [-0.25, -0.2) is 14.5 Å². The minimum absolute atomic E-state index is 0.0556. The number of hydrogen-bond donors (Lipinski definition) is 0. The molecule has 2 aliphatic heterocycles. The Kier molecular flexibility index (Phi) is 7.82. The molecule has 10 nitrogen and oxygen atoms in total. The third kappa shape index (κ3) is 4.88. The SMILES string of the molecule is CCOC(=O)C1(Cc2ccccc2)OC(c2ccc([N+](=O)[O-])cc2)C(C(=O)N2C(=O)OCC2C(C)C)C1C. The first-order chi connectivity index (χ1) is 18.1. The Bertz CT molecular complexity index is 1200. The van der Waals surface area contributed by atoms with E-state index in [1.165, 1.54) is 24.3 Å². The third-order valence-electron chi connectivity index (χ3n) is 7.50. The summed E-state index contributed by atoms with van der Waals surface area (Å²) >= 11 is 0. The number of esters is 1. The fourth-order valence-electron chi connectivity index (χ4n) is 5.37. The van der Waals surface area contributed by atoms with Crippen LogP contribution in [0.1, 0.15) is 44.9 Å². The van der Waals surface area contributed by atoms with E-state index < -0.39 is 52.5 Å². The van der Waals surface area contributed by atoms with Gasteiger partial charge in [0, 0.05) is 24.5 Å². The molecule has 2 amide bonds. The lowest BCUT2D eigenvalue weighted by Gasteiger charge is -2.32. The van der Waals surface area contributed by atoms with Gasteiger partial charge in [0.15, 0.2) is 5.60 Å². The summed E-state index contributed by atoms with van der Waals surface area (Å²) in [5.74, 6) is -2.85. The Balaban J connectivity index is 1.83. The van der Waals surface area contributed by atoms with Crippen LogP contribution < -0.4 is 0 Å². The highest BCUT2D eigenvalue weighted by atomic mass is 16.6. The number of carbonyl (C=O) groups excluding carboxylic acids is 3. The van der Waals surface area contributed by atoms with Crippen LogP contribution in [0.2, 0.25) is 0 Å². The summed E-state index contributed by atoms with van der Waals surface area (Å²) in [5, 5.41) is 11.2. The van der Waals surface area contributed by atoms with Crippen molar-refractivity contribution >= 4 is 23.7 Å². The molecule has 4 rings (SSSR count). The zero-order valence-electron chi connectivity index (χ0n) is 21.9. The van der Waals surface area contributed by atoms with Gasteiger partial charge in [0.05, 0.1) is 29.6 Å². The van der Waals surface area contributed by atoms with Crippen LogP contribution in [0.4, 0.5) is 10.5 Å². The van der Waals surface area contributed by atoms with Gasteiger partial charge >= 0.3 is 12.1 Å². The summed E-state index contributed by atoms with van der Waals surface area (Å²) in [7, 11) is 0. The number of hydrogen-bond acceptors (Lipinski definition) is 8. The first kappa shape index (κ1) is 27.3. The topological polar surface area (TPSA) is 125 Å². The van der Waals surface area contributed by atoms with E-state index in [-0.39, 0.29) is 31.2 Å². The predicted octanol–water partition coefficient (Wildman–Crippen LogP) is 4.47. The van der Waals surface area contributed by atoms with Crippen molar-refractivity contribution in [2.45, 2.75) is 51.9 Å². The molecule has 2 heterocycles. The maximum absolute atomic E-state index is 14.1. The second kappa shape index (κ2) is 10.9. The summed E-state index contributed by atoms with van der Waals surface area (Å²) in [5.41, 5.74) is -0.370. The van der Waals surface area contributed by atoms with Crippen LogP contribution in [-0.2, 0) is 30.2 Å². The largest absolute Gasteiger partial charge is 0.464 e. The van der Waals surface area contributed by atoms with Gasteiger partial charge in [0.2, 0.25) is 5.91 Å². The van der Waals surface area contributed by atoms with E-state index in [9.17, 15) is 24.5 Å². The Morgan fingerprint density at radius 1 is 1.16 bits per heavy atom. The van der Waals surface area contributed by atoms with Gasteiger partial charge in [-0.1, -0.05) is 51.1 Å². The summed E-state index contributed by atoms with van der Waals surface area (Å²) in [6.07, 6.45) is -1.56. The zero-order chi connectivity index (χ0) is 27.6. The molecule has 0 bridgehead atoms. The van der Waals surface area contributed by atoms with Crippen LogP contribution in [0.25, 0.3) is 0 Å². The number of nitro benzene ring substituents is 1. The zero-order valence-corrected chi connectivity index (χ0v) is 21.9. The number of cyclic esters (lactones) is 1. The summed E-state index contributed by atoms with van der Waals surface area (Å²) in [6, 6.07) is 14.5. The number of rotatable bonds is 8. The minimum atomic E-state index is -1.54. The van der Waals surface area contributed by atoms with Crippen molar-refractivity contribution < 1.29 is 33.5 Å². The lowest BCUT2D eigenvalue weighted by atomic mass is 9.75. The number of nitro groups is 1. The van der Waals surface area contributed by atoms with Crippen molar-refractivity contribution in [3.8, 4) is 0 Å². The van der Waals surface area contributed by atoms with Gasteiger partial charge in [0.25, 0.3) is 5.69 Å². The lowest BCUT2D eigenvalue weighted by Crippen LogP contribution is -2.50. The van der Waals surface area contributed by atoms with Crippen molar-refractivity contribution in [3.05, 3.63) is 75.8 Å². The van der Waals surface area contributed by atoms with E-state index in [0.717, 1.165) is 10.5 Å². The van der Waals surface area contributed by atoms with Gasteiger partial charge < -0.3 is 14.2 Å². The fraction of sp³-hybridized carbons (Fsp3) is 0.464. The van der Waals surface area contributed by atoms with Crippen LogP contribution in [0.15, 0.2) is 54.6 Å². The molecule has 2 fully saturated rings. The molecule has 2 saturated heterocycles. The highest BCUT2D eigenvalue weighted by Crippen LogP contribution is 2.51. The average molecular weight is 525 g/mol. The van der Waals surface area contributed by atoms with Crippen molar-refractivity contribution in [2.75, 3.05) is 13.2 Å². The number of nitrogens with zero attached hydrogens (tertiary/aromatic N) is 2. The molecule has 2 aliphatic rings. The van der Waals surface area contributed by atoms with Crippen LogP contribution in [0.3, 0.4) is 0 Å². The number of benzene rings is 2. The molecule has 0 aliphatic carbocycles. The molecule has 38 heavy (non-hydrogen) atoms. The van der Waals surface area contributed by atoms with Gasteiger partial charge in [-0.2, -0.15) is 0 Å². The van der Waals surface area contributed by atoms with Crippen LogP contribution in [-0.4, -0.2) is 52.6 Å². The second-order valence-corrected chi connectivity index (χ2v) is 10.1. The maximum Gasteiger partial charge on any atom is 0.416 e. The maximum atomic E-state index is 14.1. The molecule has 2 aromatic rings. The normalized spacial score (nSPS) is 26.9. The molecule has 10 heteroatoms. The van der Waals surface area contributed by atoms with E-state index in [1.54, 1.807) is 13.8 Å². The molecule has 0 spiro atoms. The second-order valence-electron chi connectivity index (χ2n) is 10.1. The Hall–Kier alpha value is -3.79. The number of imide groups is 1. The molecular formula is C28H32N2O8. The van der Waals surface area contributed by atoms with E-state index >= 15 is 0 Å². The average Bonchev–Trinajstić information content (AvgIpc) is 3.43. The highest BCUT2D eigenvalue weighted by Gasteiger charge is 2.62. The van der Waals surface area contributed by atoms with E-state index in [2.05, 4.69) is 0 Å². The Morgan fingerprint density at radius 3 is 2.39 bits per heavy atom. The van der Waals surface area contributed by atoms with Gasteiger partial charge in [-0.05, 0) is 36.1 Å². The number of amides is 2. The molecule has 0 saturated carbocycles. The van der Waals surface area contributed by atoms with Crippen molar-refractivity contribution in [3.63, 3.8) is 0 Å². The highest BCUT2D eigenvalue weighted by molar-refractivity contribution is 5.96. The molecule has 5 atom stereocenters. The molecule has 202 valence electrons. The number of ether oxygens (including phenoxy) is 3. The molecular weight excluding hydrogens is 492 g/mol. The molecule has 0 radical (unpaired) electrons. The van der Waals surface area contributed by atoms with E-state index in [4.69, 9.17) is 14.2 Å². The minimum Gasteiger partial charge on any atom is -0.464 e. The third-order valence-corrected chi connectivity index (χ3v) is 7.50. The van der Waals surface area contributed by atoms with E-state index in [1.807, 2.05) is 44.2 Å².